The highest BCUT2D eigenvalue weighted by Crippen LogP contribution is 2.22. The Labute approximate surface area is 174 Å². The van der Waals surface area contributed by atoms with Crippen molar-refractivity contribution in [2.75, 3.05) is 24.6 Å². The average molecular weight is 405 g/mol. The number of aryl methyl sites for hydroxylation is 1. The van der Waals surface area contributed by atoms with Crippen molar-refractivity contribution in [3.63, 3.8) is 0 Å². The van der Waals surface area contributed by atoms with E-state index in [1.54, 1.807) is 24.4 Å². The Balaban J connectivity index is 1.29. The van der Waals surface area contributed by atoms with Crippen molar-refractivity contribution < 1.29 is 13.9 Å². The maximum atomic E-state index is 12.0. The average Bonchev–Trinajstić information content (AvgIpc) is 3.27. The van der Waals surface area contributed by atoms with Crippen LogP contribution in [0, 0.1) is 6.92 Å². The van der Waals surface area contributed by atoms with Crippen molar-refractivity contribution in [2.45, 2.75) is 19.8 Å². The van der Waals surface area contributed by atoms with Gasteiger partial charge in [0.1, 0.15) is 11.3 Å². The van der Waals surface area contributed by atoms with Gasteiger partial charge in [-0.25, -0.2) is 10.2 Å². The molecule has 1 amide bonds. The molecule has 2 heterocycles. The summed E-state index contributed by atoms with van der Waals surface area (Å²) in [6, 6.07) is 14.7. The standard InChI is InChI=1S/C23H23N3O4/c1-16-12-23(28)30-21-13-19(8-9-20(16)21)29-15-22(27)25-24-14-17-4-6-18(7-5-17)26-10-2-3-11-26/h4-9,12-14H,2-3,10-11,15H2,1H3,(H,25,27)/b24-14+. The largest absolute Gasteiger partial charge is 0.484 e. The van der Waals surface area contributed by atoms with Crippen LogP contribution in [-0.2, 0) is 4.79 Å². The molecule has 4 rings (SSSR count). The molecule has 1 fully saturated rings. The van der Waals surface area contributed by atoms with Crippen molar-refractivity contribution in [1.82, 2.24) is 5.43 Å². The number of fused-ring (bicyclic) bond motifs is 1. The zero-order valence-electron chi connectivity index (χ0n) is 16.8. The summed E-state index contributed by atoms with van der Waals surface area (Å²) in [5, 5.41) is 4.80. The molecule has 1 aliphatic heterocycles. The fourth-order valence-electron chi connectivity index (χ4n) is 3.50. The SMILES string of the molecule is Cc1cc(=O)oc2cc(OCC(=O)N/N=C/c3ccc(N4CCCC4)cc3)ccc12. The molecule has 1 aromatic heterocycles. The zero-order valence-corrected chi connectivity index (χ0v) is 16.8. The maximum absolute atomic E-state index is 12.0. The Bertz CT molecular complexity index is 1130. The quantitative estimate of drug-likeness (QED) is 0.387. The van der Waals surface area contributed by atoms with Gasteiger partial charge >= 0.3 is 5.63 Å². The van der Waals surface area contributed by atoms with E-state index in [4.69, 9.17) is 9.15 Å². The van der Waals surface area contributed by atoms with Crippen LogP contribution in [0.1, 0.15) is 24.0 Å². The minimum Gasteiger partial charge on any atom is -0.484 e. The topological polar surface area (TPSA) is 84.1 Å². The minimum atomic E-state index is -0.419. The molecular weight excluding hydrogens is 382 g/mol. The van der Waals surface area contributed by atoms with Gasteiger partial charge < -0.3 is 14.1 Å². The molecule has 0 spiro atoms. The van der Waals surface area contributed by atoms with E-state index < -0.39 is 5.63 Å². The molecule has 30 heavy (non-hydrogen) atoms. The Hall–Kier alpha value is -3.61. The lowest BCUT2D eigenvalue weighted by molar-refractivity contribution is -0.123. The third-order valence-corrected chi connectivity index (χ3v) is 5.06. The van der Waals surface area contributed by atoms with Gasteiger partial charge in [0, 0.05) is 36.3 Å². The van der Waals surface area contributed by atoms with Gasteiger partial charge in [-0.3, -0.25) is 4.79 Å². The Morgan fingerprint density at radius 2 is 1.93 bits per heavy atom. The molecule has 0 saturated carbocycles. The third kappa shape index (κ3) is 4.68. The summed E-state index contributed by atoms with van der Waals surface area (Å²) in [4.78, 5) is 25.8. The van der Waals surface area contributed by atoms with E-state index >= 15 is 0 Å². The summed E-state index contributed by atoms with van der Waals surface area (Å²) in [5.74, 6) is 0.0543. The second-order valence-corrected chi connectivity index (χ2v) is 7.27. The van der Waals surface area contributed by atoms with Gasteiger partial charge in [0.15, 0.2) is 6.61 Å². The first-order valence-corrected chi connectivity index (χ1v) is 9.93. The summed E-state index contributed by atoms with van der Waals surface area (Å²) in [6.45, 7) is 3.84. The monoisotopic (exact) mass is 405 g/mol. The predicted molar refractivity (Wildman–Crippen MR) is 116 cm³/mol. The van der Waals surface area contributed by atoms with Crippen LogP contribution in [0.4, 0.5) is 5.69 Å². The second kappa shape index (κ2) is 8.82. The number of nitrogens with one attached hydrogen (secondary N) is 1. The van der Waals surface area contributed by atoms with Crippen molar-refractivity contribution in [1.29, 1.82) is 0 Å². The molecule has 0 radical (unpaired) electrons. The second-order valence-electron chi connectivity index (χ2n) is 7.27. The first-order valence-electron chi connectivity index (χ1n) is 9.93. The van der Waals surface area contributed by atoms with E-state index in [1.807, 2.05) is 19.1 Å². The number of carbonyl (C=O) groups excluding carboxylic acids is 1. The van der Waals surface area contributed by atoms with Gasteiger partial charge in [-0.1, -0.05) is 12.1 Å². The lowest BCUT2D eigenvalue weighted by Crippen LogP contribution is -2.24. The number of carbonyl (C=O) groups is 1. The number of amides is 1. The Morgan fingerprint density at radius 3 is 2.70 bits per heavy atom. The molecule has 1 saturated heterocycles. The number of rotatable bonds is 6. The van der Waals surface area contributed by atoms with Gasteiger partial charge in [-0.2, -0.15) is 5.10 Å². The van der Waals surface area contributed by atoms with Crippen molar-refractivity contribution in [2.24, 2.45) is 5.10 Å². The first kappa shape index (κ1) is 19.7. The highest BCUT2D eigenvalue weighted by molar-refractivity contribution is 5.84. The smallest absolute Gasteiger partial charge is 0.336 e. The molecule has 2 aromatic carbocycles. The van der Waals surface area contributed by atoms with Crippen LogP contribution in [0.5, 0.6) is 5.75 Å². The van der Waals surface area contributed by atoms with Gasteiger partial charge in [-0.05, 0) is 55.2 Å². The van der Waals surface area contributed by atoms with Crippen LogP contribution in [-0.4, -0.2) is 31.8 Å². The summed E-state index contributed by atoms with van der Waals surface area (Å²) >= 11 is 0. The van der Waals surface area contributed by atoms with Crippen molar-refractivity contribution in [3.8, 4) is 5.75 Å². The summed E-state index contributed by atoms with van der Waals surface area (Å²) in [7, 11) is 0. The maximum Gasteiger partial charge on any atom is 0.336 e. The summed E-state index contributed by atoms with van der Waals surface area (Å²) in [6.07, 6.45) is 4.08. The minimum absolute atomic E-state index is 0.202. The van der Waals surface area contributed by atoms with Crippen molar-refractivity contribution in [3.05, 3.63) is 70.1 Å². The molecule has 0 aliphatic carbocycles. The molecule has 7 nitrogen and oxygen atoms in total. The van der Waals surface area contributed by atoms with E-state index in [1.165, 1.54) is 24.6 Å². The van der Waals surface area contributed by atoms with Gasteiger partial charge in [0.25, 0.3) is 5.91 Å². The van der Waals surface area contributed by atoms with Crippen LogP contribution >= 0.6 is 0 Å². The molecule has 7 heteroatoms. The molecule has 1 aliphatic rings. The lowest BCUT2D eigenvalue weighted by atomic mass is 10.1. The molecular formula is C23H23N3O4. The van der Waals surface area contributed by atoms with Gasteiger partial charge in [0.2, 0.25) is 0 Å². The van der Waals surface area contributed by atoms with Crippen LogP contribution in [0.2, 0.25) is 0 Å². The first-order chi connectivity index (χ1) is 14.6. The number of nitrogens with zero attached hydrogens (tertiary/aromatic N) is 2. The van der Waals surface area contributed by atoms with Crippen LogP contribution in [0.3, 0.4) is 0 Å². The van der Waals surface area contributed by atoms with Crippen LogP contribution in [0.15, 0.2) is 62.8 Å². The third-order valence-electron chi connectivity index (χ3n) is 5.06. The van der Waals surface area contributed by atoms with Crippen LogP contribution in [0.25, 0.3) is 11.0 Å². The fraction of sp³-hybridized carbons (Fsp3) is 0.261. The molecule has 0 atom stereocenters. The fourth-order valence-corrected chi connectivity index (χ4v) is 3.50. The Morgan fingerprint density at radius 1 is 1.17 bits per heavy atom. The molecule has 0 bridgehead atoms. The van der Waals surface area contributed by atoms with E-state index in [2.05, 4.69) is 27.6 Å². The number of hydrogen-bond donors (Lipinski definition) is 1. The number of hydrogen-bond acceptors (Lipinski definition) is 6. The van der Waals surface area contributed by atoms with E-state index in [0.29, 0.717) is 11.3 Å². The highest BCUT2D eigenvalue weighted by atomic mass is 16.5. The molecule has 1 N–H and O–H groups in total. The predicted octanol–water partition coefficient (Wildman–Crippen LogP) is 3.23. The lowest BCUT2D eigenvalue weighted by Gasteiger charge is -2.17. The molecule has 0 unspecified atom stereocenters. The highest BCUT2D eigenvalue weighted by Gasteiger charge is 2.11. The van der Waals surface area contributed by atoms with Gasteiger partial charge in [-0.15, -0.1) is 0 Å². The summed E-state index contributed by atoms with van der Waals surface area (Å²) in [5.41, 5.74) is 5.39. The molecule has 3 aromatic rings. The normalized spacial score (nSPS) is 13.8. The van der Waals surface area contributed by atoms with Crippen LogP contribution < -0.4 is 20.7 Å². The number of ether oxygens (including phenoxy) is 1. The Kier molecular flexibility index (Phi) is 5.79. The molecule has 154 valence electrons. The number of hydrazone groups is 1. The number of anilines is 1. The number of benzene rings is 2. The summed E-state index contributed by atoms with van der Waals surface area (Å²) < 4.78 is 10.7. The van der Waals surface area contributed by atoms with E-state index in [9.17, 15) is 9.59 Å². The zero-order chi connectivity index (χ0) is 20.9. The van der Waals surface area contributed by atoms with E-state index in [-0.39, 0.29) is 12.5 Å². The van der Waals surface area contributed by atoms with Gasteiger partial charge in [0.05, 0.1) is 6.21 Å². The van der Waals surface area contributed by atoms with E-state index in [0.717, 1.165) is 29.6 Å². The van der Waals surface area contributed by atoms with Crippen molar-refractivity contribution >= 4 is 28.8 Å².